The fourth-order valence-electron chi connectivity index (χ4n) is 4.04. The fourth-order valence-corrected chi connectivity index (χ4v) is 4.04. The Morgan fingerprint density at radius 1 is 0.821 bits per heavy atom. The van der Waals surface area contributed by atoms with E-state index in [1.165, 1.54) is 0 Å². The third-order valence-corrected chi connectivity index (χ3v) is 5.56. The molecule has 0 amide bonds. The molecule has 0 bridgehead atoms. The van der Waals surface area contributed by atoms with Gasteiger partial charge in [0, 0.05) is 23.8 Å². The molecule has 146 valence electrons. The number of nitrogens with one attached hydrogen (secondary N) is 2. The van der Waals surface area contributed by atoms with E-state index in [9.17, 15) is 4.79 Å². The van der Waals surface area contributed by atoms with E-state index < -0.39 is 0 Å². The van der Waals surface area contributed by atoms with Crippen molar-refractivity contribution in [1.82, 2.24) is 0 Å². The molecule has 0 aromatic heterocycles. The van der Waals surface area contributed by atoms with Crippen molar-refractivity contribution in [1.29, 1.82) is 10.8 Å². The van der Waals surface area contributed by atoms with Crippen LogP contribution in [0.15, 0.2) is 48.5 Å². The van der Waals surface area contributed by atoms with Gasteiger partial charge in [-0.25, -0.2) is 0 Å². The molecule has 0 heterocycles. The molecule has 0 radical (unpaired) electrons. The number of nitrogens with two attached hydrogens (primary N) is 2. The normalized spacial score (nSPS) is 19.4. The van der Waals surface area contributed by atoms with Gasteiger partial charge < -0.3 is 11.5 Å². The Kier molecular flexibility index (Phi) is 6.24. The van der Waals surface area contributed by atoms with E-state index in [-0.39, 0.29) is 23.5 Å². The summed E-state index contributed by atoms with van der Waals surface area (Å²) in [6.07, 6.45) is 4.97. The molecule has 1 saturated carbocycles. The molecule has 2 unspecified atom stereocenters. The average molecular weight is 377 g/mol. The van der Waals surface area contributed by atoms with Gasteiger partial charge in [0.05, 0.1) is 5.84 Å². The van der Waals surface area contributed by atoms with Gasteiger partial charge in [0.25, 0.3) is 0 Å². The summed E-state index contributed by atoms with van der Waals surface area (Å²) in [5.74, 6) is 0.742. The van der Waals surface area contributed by atoms with Crippen molar-refractivity contribution in [2.45, 2.75) is 38.5 Å². The molecule has 5 heteroatoms. The zero-order valence-electron chi connectivity index (χ0n) is 16.1. The molecule has 1 aliphatic rings. The molecule has 3 rings (SSSR count). The van der Waals surface area contributed by atoms with Gasteiger partial charge >= 0.3 is 0 Å². The molecule has 2 aromatic carbocycles. The molecule has 1 aliphatic carbocycles. The Morgan fingerprint density at radius 3 is 1.75 bits per heavy atom. The molecule has 28 heavy (non-hydrogen) atoms. The number of hydrogen-bond acceptors (Lipinski definition) is 3. The highest BCUT2D eigenvalue weighted by molar-refractivity contribution is 5.94. The maximum absolute atomic E-state index is 13.0. The SMILES string of the molecule is N=C(N)Cc1ccc(CC2CCCC(Cc3ccc(C(=N)N)cc3)C2=O)cc1. The van der Waals surface area contributed by atoms with Crippen molar-refractivity contribution < 1.29 is 4.79 Å². The van der Waals surface area contributed by atoms with Crippen LogP contribution in [0.3, 0.4) is 0 Å². The highest BCUT2D eigenvalue weighted by Gasteiger charge is 2.31. The van der Waals surface area contributed by atoms with Crippen LogP contribution in [0, 0.1) is 22.7 Å². The largest absolute Gasteiger partial charge is 0.387 e. The Labute approximate surface area is 166 Å². The molecule has 1 fully saturated rings. The lowest BCUT2D eigenvalue weighted by Gasteiger charge is -2.28. The summed E-state index contributed by atoms with van der Waals surface area (Å²) in [6, 6.07) is 15.8. The van der Waals surface area contributed by atoms with Gasteiger partial charge in [-0.15, -0.1) is 0 Å². The highest BCUT2D eigenvalue weighted by Crippen LogP contribution is 2.30. The molecule has 0 saturated heterocycles. The number of benzene rings is 2. The quantitative estimate of drug-likeness (QED) is 0.439. The van der Waals surface area contributed by atoms with E-state index in [1.54, 1.807) is 0 Å². The number of nitrogen functional groups attached to an aromatic ring is 1. The first-order valence-electron chi connectivity index (χ1n) is 9.80. The molecule has 0 aliphatic heterocycles. The van der Waals surface area contributed by atoms with E-state index in [0.29, 0.717) is 17.8 Å². The summed E-state index contributed by atoms with van der Waals surface area (Å²) in [4.78, 5) is 13.0. The zero-order chi connectivity index (χ0) is 20.1. The van der Waals surface area contributed by atoms with Crippen molar-refractivity contribution in [2.75, 3.05) is 0 Å². The summed E-state index contributed by atoms with van der Waals surface area (Å²) in [5.41, 5.74) is 15.0. The van der Waals surface area contributed by atoms with Crippen LogP contribution in [0.5, 0.6) is 0 Å². The van der Waals surface area contributed by atoms with Crippen molar-refractivity contribution >= 4 is 17.5 Å². The fraction of sp³-hybridized carbons (Fsp3) is 0.348. The number of Topliss-reactive ketones (excluding diaryl/α,β-unsaturated/α-hetero) is 1. The van der Waals surface area contributed by atoms with E-state index >= 15 is 0 Å². The predicted molar refractivity (Wildman–Crippen MR) is 113 cm³/mol. The van der Waals surface area contributed by atoms with Crippen molar-refractivity contribution in [3.63, 3.8) is 0 Å². The highest BCUT2D eigenvalue weighted by atomic mass is 16.1. The number of amidine groups is 2. The summed E-state index contributed by atoms with van der Waals surface area (Å²) in [7, 11) is 0. The van der Waals surface area contributed by atoms with Crippen molar-refractivity contribution in [2.24, 2.45) is 23.3 Å². The maximum atomic E-state index is 13.0. The number of carbonyl (C=O) groups is 1. The average Bonchev–Trinajstić information content (AvgIpc) is 2.66. The monoisotopic (exact) mass is 376 g/mol. The predicted octanol–water partition coefficient (Wildman–Crippen LogP) is 3.22. The maximum Gasteiger partial charge on any atom is 0.139 e. The first-order valence-corrected chi connectivity index (χ1v) is 9.80. The standard InChI is InChI=1S/C23H28N4O/c24-21(25)14-17-6-4-15(5-7-17)12-19-2-1-3-20(22(19)28)13-16-8-10-18(11-9-16)23(26)27/h4-11,19-20H,1-3,12-14H2,(H3,24,25)(H3,26,27). The van der Waals surface area contributed by atoms with Crippen LogP contribution >= 0.6 is 0 Å². The van der Waals surface area contributed by atoms with Crippen LogP contribution in [0.25, 0.3) is 0 Å². The second-order valence-corrected chi connectivity index (χ2v) is 7.76. The second kappa shape index (κ2) is 8.83. The zero-order valence-corrected chi connectivity index (χ0v) is 16.1. The van der Waals surface area contributed by atoms with Crippen LogP contribution in [-0.4, -0.2) is 17.5 Å². The minimum absolute atomic E-state index is 0.0645. The molecule has 6 N–H and O–H groups in total. The summed E-state index contributed by atoms with van der Waals surface area (Å²) < 4.78 is 0. The first-order chi connectivity index (χ1) is 13.4. The smallest absolute Gasteiger partial charge is 0.139 e. The van der Waals surface area contributed by atoms with Gasteiger partial charge in [-0.2, -0.15) is 0 Å². The van der Waals surface area contributed by atoms with Crippen LogP contribution in [0.1, 0.15) is 41.5 Å². The van der Waals surface area contributed by atoms with Crippen LogP contribution in [0.4, 0.5) is 0 Å². The lowest BCUT2D eigenvalue weighted by Crippen LogP contribution is -2.31. The van der Waals surface area contributed by atoms with Gasteiger partial charge in [0.2, 0.25) is 0 Å². The first kappa shape index (κ1) is 19.8. The third-order valence-electron chi connectivity index (χ3n) is 5.56. The Morgan fingerprint density at radius 2 is 1.29 bits per heavy atom. The van der Waals surface area contributed by atoms with E-state index in [0.717, 1.165) is 48.8 Å². The van der Waals surface area contributed by atoms with Gasteiger partial charge in [-0.3, -0.25) is 15.6 Å². The van der Waals surface area contributed by atoms with E-state index in [4.69, 9.17) is 22.3 Å². The number of ketones is 1. The molecular weight excluding hydrogens is 348 g/mol. The van der Waals surface area contributed by atoms with Gasteiger partial charge in [0.15, 0.2) is 0 Å². The molecule has 2 atom stereocenters. The van der Waals surface area contributed by atoms with Gasteiger partial charge in [-0.1, -0.05) is 55.0 Å². The lowest BCUT2D eigenvalue weighted by atomic mass is 9.75. The van der Waals surface area contributed by atoms with E-state index in [1.807, 2.05) is 36.4 Å². The Hall–Kier alpha value is -2.95. The lowest BCUT2D eigenvalue weighted by molar-refractivity contribution is -0.129. The van der Waals surface area contributed by atoms with Crippen LogP contribution in [0.2, 0.25) is 0 Å². The van der Waals surface area contributed by atoms with Gasteiger partial charge in [0.1, 0.15) is 11.6 Å². The summed E-state index contributed by atoms with van der Waals surface area (Å²) >= 11 is 0. The summed E-state index contributed by atoms with van der Waals surface area (Å²) in [5, 5.41) is 14.9. The molecular formula is C23H28N4O. The second-order valence-electron chi connectivity index (χ2n) is 7.76. The van der Waals surface area contributed by atoms with Crippen LogP contribution < -0.4 is 11.5 Å². The third kappa shape index (κ3) is 5.06. The Bertz CT molecular complexity index is 855. The number of rotatable bonds is 7. The summed E-state index contributed by atoms with van der Waals surface area (Å²) in [6.45, 7) is 0. The topological polar surface area (TPSA) is 117 Å². The molecule has 2 aromatic rings. The van der Waals surface area contributed by atoms with Gasteiger partial charge in [-0.05, 0) is 42.4 Å². The van der Waals surface area contributed by atoms with Crippen LogP contribution in [-0.2, 0) is 24.1 Å². The minimum Gasteiger partial charge on any atom is -0.387 e. The Balaban J connectivity index is 1.61. The van der Waals surface area contributed by atoms with E-state index in [2.05, 4.69) is 12.1 Å². The molecule has 0 spiro atoms. The van der Waals surface area contributed by atoms with Crippen molar-refractivity contribution in [3.05, 3.63) is 70.8 Å². The van der Waals surface area contributed by atoms with Crippen molar-refractivity contribution in [3.8, 4) is 0 Å². The number of carbonyl (C=O) groups excluding carboxylic acids is 1. The number of hydrogen-bond donors (Lipinski definition) is 4. The minimum atomic E-state index is 0.0645. The molecule has 5 nitrogen and oxygen atoms in total.